The van der Waals surface area contributed by atoms with Crippen molar-refractivity contribution in [3.63, 3.8) is 0 Å². The van der Waals surface area contributed by atoms with Crippen molar-refractivity contribution >= 4 is 11.6 Å². The first-order valence-corrected chi connectivity index (χ1v) is 6.11. The van der Waals surface area contributed by atoms with Gasteiger partial charge >= 0.3 is 0 Å². The van der Waals surface area contributed by atoms with E-state index in [0.717, 1.165) is 11.9 Å². The predicted molar refractivity (Wildman–Crippen MR) is 59.4 cm³/mol. The largest absolute Gasteiger partial charge is 0.300 e. The van der Waals surface area contributed by atoms with E-state index in [9.17, 15) is 0 Å². The molecule has 2 unspecified atom stereocenters. The van der Waals surface area contributed by atoms with E-state index in [0.29, 0.717) is 5.92 Å². The Labute approximate surface area is 87.4 Å². The second-order valence-electron chi connectivity index (χ2n) is 4.31. The summed E-state index contributed by atoms with van der Waals surface area (Å²) in [6.07, 6.45) is 5.50. The van der Waals surface area contributed by atoms with Gasteiger partial charge in [-0.1, -0.05) is 20.3 Å². The lowest BCUT2D eigenvalue weighted by molar-refractivity contribution is 0.129. The first-order valence-electron chi connectivity index (χ1n) is 5.58. The molecule has 1 nitrogen and oxygen atoms in total. The SMILES string of the molecule is CCC1CCCCN1CC(C)CCl. The van der Waals surface area contributed by atoms with Gasteiger partial charge in [-0.25, -0.2) is 0 Å². The lowest BCUT2D eigenvalue weighted by Crippen LogP contribution is -2.41. The molecule has 0 amide bonds. The predicted octanol–water partition coefficient (Wildman–Crippen LogP) is 3.13. The van der Waals surface area contributed by atoms with Crippen LogP contribution in [-0.2, 0) is 0 Å². The van der Waals surface area contributed by atoms with E-state index in [1.54, 1.807) is 0 Å². The van der Waals surface area contributed by atoms with Crippen molar-refractivity contribution in [1.82, 2.24) is 4.90 Å². The van der Waals surface area contributed by atoms with E-state index < -0.39 is 0 Å². The lowest BCUT2D eigenvalue weighted by atomic mass is 9.99. The van der Waals surface area contributed by atoms with Crippen LogP contribution < -0.4 is 0 Å². The van der Waals surface area contributed by atoms with Crippen LogP contribution in [0, 0.1) is 5.92 Å². The van der Waals surface area contributed by atoms with Gasteiger partial charge in [0.25, 0.3) is 0 Å². The molecule has 78 valence electrons. The van der Waals surface area contributed by atoms with Gasteiger partial charge in [0.1, 0.15) is 0 Å². The standard InChI is InChI=1S/C11H22ClN/c1-3-11-6-4-5-7-13(11)9-10(2)8-12/h10-11H,3-9H2,1-2H3. The molecule has 1 aliphatic rings. The van der Waals surface area contributed by atoms with Crippen LogP contribution in [0.25, 0.3) is 0 Å². The summed E-state index contributed by atoms with van der Waals surface area (Å²) in [5.41, 5.74) is 0. The first-order chi connectivity index (χ1) is 6.27. The Balaban J connectivity index is 2.35. The number of halogens is 1. The molecule has 0 saturated carbocycles. The van der Waals surface area contributed by atoms with Gasteiger partial charge in [0.05, 0.1) is 0 Å². The zero-order chi connectivity index (χ0) is 9.68. The second kappa shape index (κ2) is 5.87. The highest BCUT2D eigenvalue weighted by molar-refractivity contribution is 6.18. The first kappa shape index (κ1) is 11.3. The number of hydrogen-bond donors (Lipinski definition) is 0. The maximum absolute atomic E-state index is 5.84. The van der Waals surface area contributed by atoms with Crippen LogP contribution in [0.15, 0.2) is 0 Å². The Hall–Kier alpha value is 0.250. The molecule has 0 aromatic heterocycles. The molecule has 1 fully saturated rings. The third-order valence-corrected chi connectivity index (χ3v) is 3.56. The van der Waals surface area contributed by atoms with Gasteiger partial charge in [-0.15, -0.1) is 11.6 Å². The monoisotopic (exact) mass is 203 g/mol. The molecular weight excluding hydrogens is 182 g/mol. The van der Waals surface area contributed by atoms with Crippen LogP contribution in [0.1, 0.15) is 39.5 Å². The van der Waals surface area contributed by atoms with E-state index in [-0.39, 0.29) is 0 Å². The van der Waals surface area contributed by atoms with E-state index in [4.69, 9.17) is 11.6 Å². The fourth-order valence-electron chi connectivity index (χ4n) is 2.21. The Morgan fingerprint density at radius 1 is 1.46 bits per heavy atom. The Bertz CT molecular complexity index is 138. The quantitative estimate of drug-likeness (QED) is 0.635. The summed E-state index contributed by atoms with van der Waals surface area (Å²) in [6.45, 7) is 7.03. The molecule has 1 saturated heterocycles. The third-order valence-electron chi connectivity index (χ3n) is 3.03. The topological polar surface area (TPSA) is 3.24 Å². The molecular formula is C11H22ClN. The molecule has 2 heteroatoms. The van der Waals surface area contributed by atoms with Crippen molar-refractivity contribution < 1.29 is 0 Å². The highest BCUT2D eigenvalue weighted by Gasteiger charge is 2.21. The maximum atomic E-state index is 5.84. The zero-order valence-corrected chi connectivity index (χ0v) is 9.69. The van der Waals surface area contributed by atoms with Gasteiger partial charge in [-0.05, 0) is 31.7 Å². The number of alkyl halides is 1. The molecule has 0 aromatic rings. The average Bonchev–Trinajstić information content (AvgIpc) is 2.18. The van der Waals surface area contributed by atoms with Crippen molar-refractivity contribution in [1.29, 1.82) is 0 Å². The number of nitrogens with zero attached hydrogens (tertiary/aromatic N) is 1. The van der Waals surface area contributed by atoms with Crippen LogP contribution in [0.5, 0.6) is 0 Å². The lowest BCUT2D eigenvalue weighted by Gasteiger charge is -2.36. The van der Waals surface area contributed by atoms with Gasteiger partial charge < -0.3 is 4.90 Å². The number of piperidine rings is 1. The van der Waals surface area contributed by atoms with Crippen LogP contribution in [0.4, 0.5) is 0 Å². The summed E-state index contributed by atoms with van der Waals surface area (Å²) in [4.78, 5) is 2.64. The van der Waals surface area contributed by atoms with Crippen molar-refractivity contribution in [3.8, 4) is 0 Å². The maximum Gasteiger partial charge on any atom is 0.0261 e. The summed E-state index contributed by atoms with van der Waals surface area (Å²) < 4.78 is 0. The van der Waals surface area contributed by atoms with E-state index >= 15 is 0 Å². The molecule has 0 aliphatic carbocycles. The summed E-state index contributed by atoms with van der Waals surface area (Å²) >= 11 is 5.84. The van der Waals surface area contributed by atoms with E-state index in [2.05, 4.69) is 18.7 Å². The Kier molecular flexibility index (Phi) is 5.12. The van der Waals surface area contributed by atoms with Gasteiger partial charge in [0.15, 0.2) is 0 Å². The number of rotatable bonds is 4. The summed E-state index contributed by atoms with van der Waals surface area (Å²) in [5.74, 6) is 1.45. The van der Waals surface area contributed by atoms with Crippen molar-refractivity contribution in [2.75, 3.05) is 19.0 Å². The molecule has 2 atom stereocenters. The Morgan fingerprint density at radius 2 is 2.23 bits per heavy atom. The van der Waals surface area contributed by atoms with Crippen LogP contribution >= 0.6 is 11.6 Å². The fraction of sp³-hybridized carbons (Fsp3) is 1.00. The highest BCUT2D eigenvalue weighted by Crippen LogP contribution is 2.20. The van der Waals surface area contributed by atoms with Crippen molar-refractivity contribution in [2.45, 2.75) is 45.6 Å². The molecule has 13 heavy (non-hydrogen) atoms. The van der Waals surface area contributed by atoms with Gasteiger partial charge in [0.2, 0.25) is 0 Å². The average molecular weight is 204 g/mol. The van der Waals surface area contributed by atoms with E-state index in [1.165, 1.54) is 38.8 Å². The molecule has 0 spiro atoms. The molecule has 1 aliphatic heterocycles. The van der Waals surface area contributed by atoms with Gasteiger partial charge in [-0.2, -0.15) is 0 Å². The summed E-state index contributed by atoms with van der Waals surface area (Å²) in [5, 5.41) is 0. The fourth-order valence-corrected chi connectivity index (χ4v) is 2.31. The summed E-state index contributed by atoms with van der Waals surface area (Å²) in [7, 11) is 0. The smallest absolute Gasteiger partial charge is 0.0261 e. The van der Waals surface area contributed by atoms with Crippen molar-refractivity contribution in [3.05, 3.63) is 0 Å². The van der Waals surface area contributed by atoms with Crippen LogP contribution in [-0.4, -0.2) is 29.9 Å². The second-order valence-corrected chi connectivity index (χ2v) is 4.62. The highest BCUT2D eigenvalue weighted by atomic mass is 35.5. The number of hydrogen-bond acceptors (Lipinski definition) is 1. The molecule has 1 heterocycles. The minimum absolute atomic E-state index is 0.647. The minimum atomic E-state index is 0.647. The minimum Gasteiger partial charge on any atom is -0.300 e. The molecule has 1 rings (SSSR count). The Morgan fingerprint density at radius 3 is 2.85 bits per heavy atom. The van der Waals surface area contributed by atoms with Crippen LogP contribution in [0.3, 0.4) is 0 Å². The normalized spacial score (nSPS) is 27.5. The van der Waals surface area contributed by atoms with Gasteiger partial charge in [-0.3, -0.25) is 0 Å². The molecule has 0 N–H and O–H groups in total. The summed E-state index contributed by atoms with van der Waals surface area (Å²) in [6, 6.07) is 0.833. The molecule has 0 bridgehead atoms. The third kappa shape index (κ3) is 3.47. The zero-order valence-electron chi connectivity index (χ0n) is 8.93. The van der Waals surface area contributed by atoms with E-state index in [1.807, 2.05) is 0 Å². The van der Waals surface area contributed by atoms with Crippen molar-refractivity contribution in [2.24, 2.45) is 5.92 Å². The molecule has 0 radical (unpaired) electrons. The molecule has 0 aromatic carbocycles. The van der Waals surface area contributed by atoms with Gasteiger partial charge in [0, 0.05) is 18.5 Å². The van der Waals surface area contributed by atoms with Crippen LogP contribution in [0.2, 0.25) is 0 Å². The number of likely N-dealkylation sites (tertiary alicyclic amines) is 1.